The van der Waals surface area contributed by atoms with Crippen LogP contribution in [0.15, 0.2) is 46.9 Å². The average molecular weight is 321 g/mol. The average Bonchev–Trinajstić information content (AvgIpc) is 2.47. The van der Waals surface area contributed by atoms with Gasteiger partial charge in [0, 0.05) is 4.47 Å². The molecule has 0 spiro atoms. The molecule has 2 rings (SSSR count). The maximum absolute atomic E-state index is 11.6. The van der Waals surface area contributed by atoms with Crippen LogP contribution >= 0.6 is 15.9 Å². The molecule has 0 aliphatic carbocycles. The van der Waals surface area contributed by atoms with Crippen LogP contribution in [0.5, 0.6) is 5.75 Å². The van der Waals surface area contributed by atoms with Gasteiger partial charge in [-0.15, -0.1) is 0 Å². The van der Waals surface area contributed by atoms with E-state index < -0.39 is 0 Å². The van der Waals surface area contributed by atoms with E-state index in [9.17, 15) is 4.79 Å². The molecule has 0 amide bonds. The van der Waals surface area contributed by atoms with E-state index in [1.165, 1.54) is 7.11 Å². The Bertz CT molecular complexity index is 591. The number of ether oxygens (including phenoxy) is 2. The lowest BCUT2D eigenvalue weighted by Gasteiger charge is -2.07. The first-order chi connectivity index (χ1) is 9.15. The van der Waals surface area contributed by atoms with Crippen molar-refractivity contribution >= 4 is 21.9 Å². The second-order valence-corrected chi connectivity index (χ2v) is 4.77. The van der Waals surface area contributed by atoms with Crippen molar-refractivity contribution in [2.75, 3.05) is 14.2 Å². The van der Waals surface area contributed by atoms with Gasteiger partial charge in [0.15, 0.2) is 0 Å². The molecule has 0 aromatic heterocycles. The van der Waals surface area contributed by atoms with E-state index in [2.05, 4.69) is 15.9 Å². The van der Waals surface area contributed by atoms with E-state index in [-0.39, 0.29) is 5.97 Å². The number of carbonyl (C=O) groups excluding carboxylic acids is 1. The molecule has 2 aromatic rings. The topological polar surface area (TPSA) is 35.5 Å². The smallest absolute Gasteiger partial charge is 0.339 e. The van der Waals surface area contributed by atoms with Gasteiger partial charge in [0.1, 0.15) is 5.75 Å². The minimum atomic E-state index is -0.359. The zero-order valence-corrected chi connectivity index (χ0v) is 12.2. The second kappa shape index (κ2) is 5.89. The summed E-state index contributed by atoms with van der Waals surface area (Å²) in [5.41, 5.74) is 2.47. The Balaban J connectivity index is 2.42. The molecule has 0 atom stereocenters. The van der Waals surface area contributed by atoms with Gasteiger partial charge in [-0.05, 0) is 51.3 Å². The monoisotopic (exact) mass is 320 g/mol. The van der Waals surface area contributed by atoms with Crippen molar-refractivity contribution in [1.82, 2.24) is 0 Å². The number of carbonyl (C=O) groups is 1. The van der Waals surface area contributed by atoms with Crippen LogP contribution in [0.4, 0.5) is 0 Å². The number of hydrogen-bond acceptors (Lipinski definition) is 3. The van der Waals surface area contributed by atoms with E-state index in [4.69, 9.17) is 9.47 Å². The summed E-state index contributed by atoms with van der Waals surface area (Å²) >= 11 is 3.35. The molecule has 19 heavy (non-hydrogen) atoms. The fourth-order valence-electron chi connectivity index (χ4n) is 1.75. The fourth-order valence-corrected chi connectivity index (χ4v) is 2.16. The predicted octanol–water partition coefficient (Wildman–Crippen LogP) is 3.91. The van der Waals surface area contributed by atoms with Gasteiger partial charge in [0.05, 0.1) is 19.8 Å². The van der Waals surface area contributed by atoms with Gasteiger partial charge in [-0.25, -0.2) is 4.79 Å². The highest BCUT2D eigenvalue weighted by molar-refractivity contribution is 9.10. The first kappa shape index (κ1) is 13.6. The third-order valence-electron chi connectivity index (χ3n) is 2.80. The van der Waals surface area contributed by atoms with Crippen LogP contribution in [0.25, 0.3) is 11.1 Å². The molecular weight excluding hydrogens is 308 g/mol. The normalized spacial score (nSPS) is 10.1. The third kappa shape index (κ3) is 2.96. The first-order valence-corrected chi connectivity index (χ1v) is 6.47. The molecule has 2 aromatic carbocycles. The van der Waals surface area contributed by atoms with Crippen molar-refractivity contribution in [1.29, 1.82) is 0 Å². The Labute approximate surface area is 120 Å². The highest BCUT2D eigenvalue weighted by Crippen LogP contribution is 2.27. The van der Waals surface area contributed by atoms with Crippen LogP contribution in [-0.2, 0) is 4.74 Å². The zero-order valence-electron chi connectivity index (χ0n) is 10.6. The number of halogens is 1. The van der Waals surface area contributed by atoms with E-state index in [1.54, 1.807) is 13.2 Å². The van der Waals surface area contributed by atoms with Crippen molar-refractivity contribution in [2.24, 2.45) is 0 Å². The van der Waals surface area contributed by atoms with Gasteiger partial charge in [0.2, 0.25) is 0 Å². The van der Waals surface area contributed by atoms with Crippen LogP contribution < -0.4 is 4.74 Å². The summed E-state index contributed by atoms with van der Waals surface area (Å²) in [5.74, 6) is 0.441. The maximum atomic E-state index is 11.6. The highest BCUT2D eigenvalue weighted by atomic mass is 79.9. The molecule has 0 N–H and O–H groups in total. The van der Waals surface area contributed by atoms with Crippen molar-refractivity contribution in [2.45, 2.75) is 0 Å². The fraction of sp³-hybridized carbons (Fsp3) is 0.133. The number of rotatable bonds is 3. The van der Waals surface area contributed by atoms with E-state index >= 15 is 0 Å². The summed E-state index contributed by atoms with van der Waals surface area (Å²) in [7, 11) is 3.00. The van der Waals surface area contributed by atoms with Crippen molar-refractivity contribution in [3.05, 3.63) is 52.5 Å². The van der Waals surface area contributed by atoms with Gasteiger partial charge < -0.3 is 9.47 Å². The molecule has 0 bridgehead atoms. The number of esters is 1. The standard InChI is InChI=1S/C15H13BrO3/c1-18-12-6-3-10(4-7-12)11-5-8-14(16)13(9-11)15(17)19-2/h3-9H,1-2H3. The molecular formula is C15H13BrO3. The Kier molecular flexibility index (Phi) is 4.22. The van der Waals surface area contributed by atoms with E-state index in [0.717, 1.165) is 21.3 Å². The molecule has 0 unspecified atom stereocenters. The molecule has 3 nitrogen and oxygen atoms in total. The molecule has 0 heterocycles. The van der Waals surface area contributed by atoms with Gasteiger partial charge in [-0.3, -0.25) is 0 Å². The molecule has 0 aliphatic heterocycles. The first-order valence-electron chi connectivity index (χ1n) is 5.68. The third-order valence-corrected chi connectivity index (χ3v) is 3.49. The quantitative estimate of drug-likeness (QED) is 0.804. The summed E-state index contributed by atoms with van der Waals surface area (Å²) in [6.45, 7) is 0. The van der Waals surface area contributed by atoms with Gasteiger partial charge >= 0.3 is 5.97 Å². The van der Waals surface area contributed by atoms with Crippen molar-refractivity contribution < 1.29 is 14.3 Å². The molecule has 98 valence electrons. The van der Waals surface area contributed by atoms with Gasteiger partial charge in [0.25, 0.3) is 0 Å². The summed E-state index contributed by atoms with van der Waals surface area (Å²) in [6.07, 6.45) is 0. The molecule has 4 heteroatoms. The molecule has 0 saturated carbocycles. The van der Waals surface area contributed by atoms with E-state index in [1.807, 2.05) is 36.4 Å². The van der Waals surface area contributed by atoms with Crippen LogP contribution in [0.1, 0.15) is 10.4 Å². The Morgan fingerprint density at radius 1 is 1.00 bits per heavy atom. The minimum absolute atomic E-state index is 0.359. The number of hydrogen-bond donors (Lipinski definition) is 0. The summed E-state index contributed by atoms with van der Waals surface area (Å²) in [4.78, 5) is 11.6. The molecule has 0 fully saturated rings. The van der Waals surface area contributed by atoms with E-state index in [0.29, 0.717) is 5.56 Å². The lowest BCUT2D eigenvalue weighted by Crippen LogP contribution is -2.02. The second-order valence-electron chi connectivity index (χ2n) is 3.91. The summed E-state index contributed by atoms with van der Waals surface area (Å²) in [6, 6.07) is 13.2. The van der Waals surface area contributed by atoms with Crippen molar-refractivity contribution in [3.63, 3.8) is 0 Å². The highest BCUT2D eigenvalue weighted by Gasteiger charge is 2.11. The largest absolute Gasteiger partial charge is 0.497 e. The lowest BCUT2D eigenvalue weighted by atomic mass is 10.0. The minimum Gasteiger partial charge on any atom is -0.497 e. The number of benzene rings is 2. The van der Waals surface area contributed by atoms with Crippen LogP contribution in [0.3, 0.4) is 0 Å². The van der Waals surface area contributed by atoms with Crippen LogP contribution in [-0.4, -0.2) is 20.2 Å². The maximum Gasteiger partial charge on any atom is 0.339 e. The summed E-state index contributed by atoms with van der Waals surface area (Å²) < 4.78 is 10.6. The predicted molar refractivity (Wildman–Crippen MR) is 77.5 cm³/mol. The lowest BCUT2D eigenvalue weighted by molar-refractivity contribution is 0.0599. The SMILES string of the molecule is COC(=O)c1cc(-c2ccc(OC)cc2)ccc1Br. The van der Waals surface area contributed by atoms with Crippen LogP contribution in [0, 0.1) is 0 Å². The Morgan fingerprint density at radius 2 is 1.63 bits per heavy atom. The summed E-state index contributed by atoms with van der Waals surface area (Å²) in [5, 5.41) is 0. The Morgan fingerprint density at radius 3 is 2.21 bits per heavy atom. The van der Waals surface area contributed by atoms with Crippen LogP contribution in [0.2, 0.25) is 0 Å². The molecule has 0 saturated heterocycles. The Hall–Kier alpha value is -1.81. The molecule has 0 aliphatic rings. The van der Waals surface area contributed by atoms with Gasteiger partial charge in [-0.1, -0.05) is 18.2 Å². The zero-order chi connectivity index (χ0) is 13.8. The molecule has 0 radical (unpaired) electrons. The number of methoxy groups -OCH3 is 2. The van der Waals surface area contributed by atoms with Gasteiger partial charge in [-0.2, -0.15) is 0 Å². The van der Waals surface area contributed by atoms with Crippen molar-refractivity contribution in [3.8, 4) is 16.9 Å².